The molecule has 4 aromatic rings. The summed E-state index contributed by atoms with van der Waals surface area (Å²) < 4.78 is 86.4. The first kappa shape index (κ1) is 42.9. The van der Waals surface area contributed by atoms with Crippen LogP contribution >= 0.6 is 11.6 Å². The normalized spacial score (nSPS) is 20.2. The first-order chi connectivity index (χ1) is 27.5. The summed E-state index contributed by atoms with van der Waals surface area (Å²) in [6.07, 6.45) is 1.05. The lowest BCUT2D eigenvalue weighted by atomic mass is 9.87. The van der Waals surface area contributed by atoms with Crippen molar-refractivity contribution in [3.8, 4) is 17.2 Å². The first-order valence-electron chi connectivity index (χ1n) is 18.2. The zero-order valence-electron chi connectivity index (χ0n) is 31.5. The van der Waals surface area contributed by atoms with Gasteiger partial charge in [-0.15, -0.1) is 10.1 Å². The molecular formula is C39H42ClFN4O11S2. The van der Waals surface area contributed by atoms with Gasteiger partial charge in [0.15, 0.2) is 0 Å². The summed E-state index contributed by atoms with van der Waals surface area (Å²) >= 11 is 5.93. The molecule has 1 unspecified atom stereocenters. The number of hydrogen-bond acceptors (Lipinski definition) is 11. The molecule has 58 heavy (non-hydrogen) atoms. The van der Waals surface area contributed by atoms with Gasteiger partial charge in [0, 0.05) is 18.2 Å². The zero-order chi connectivity index (χ0) is 41.7. The summed E-state index contributed by atoms with van der Waals surface area (Å²) in [4.78, 5) is 34.4. The number of aryl methyl sites for hydroxylation is 1. The van der Waals surface area contributed by atoms with Gasteiger partial charge in [0.05, 0.1) is 27.9 Å². The maximum atomic E-state index is 14.0. The van der Waals surface area contributed by atoms with Crippen molar-refractivity contribution in [1.29, 1.82) is 0 Å². The van der Waals surface area contributed by atoms with E-state index in [2.05, 4.69) is 0 Å². The molecule has 310 valence electrons. The molecule has 2 fully saturated rings. The maximum Gasteiger partial charge on any atom is 0.270 e. The highest BCUT2D eigenvalue weighted by atomic mass is 35.5. The molecule has 4 aromatic carbocycles. The van der Waals surface area contributed by atoms with Crippen LogP contribution in [0.3, 0.4) is 0 Å². The minimum absolute atomic E-state index is 0.0269. The SMILES string of the molecule is Cc1cc(F)ccc1COc1ccc(S(=O)(=O)N2CCC[C@@](C)(O)[C@@H]2C(=O)NON(NS(=O)(=O)c2ccc(Oc3ccc(Cl)cc3)cc2)C(=O)C2CCCOC2)cc1. The number of carbonyl (C=O) groups excluding carboxylic acids is 2. The van der Waals surface area contributed by atoms with Gasteiger partial charge in [-0.25, -0.2) is 26.7 Å². The largest absolute Gasteiger partial charge is 0.489 e. The van der Waals surface area contributed by atoms with E-state index >= 15 is 0 Å². The number of benzene rings is 4. The highest BCUT2D eigenvalue weighted by Gasteiger charge is 2.50. The standard InChI is InChI=1S/C39H42ClFN4O11S2/c1-26-23-30(41)9-6-27(26)25-54-31-12-18-35(19-13-31)58(51,52)44-21-4-20-39(2,48)36(44)37(46)42-56-45(38(47)28-5-3-22-53-24-28)43-57(49,50)34-16-14-33(15-17-34)55-32-10-7-29(40)8-11-32/h6-19,23,28,36,43,48H,3-5,20-22,24-25H2,1-2H3,(H,42,46)/t28?,36-,39+/m0/s1. The molecule has 2 heterocycles. The van der Waals surface area contributed by atoms with Crippen LogP contribution in [0.25, 0.3) is 0 Å². The highest BCUT2D eigenvalue weighted by molar-refractivity contribution is 7.89. The van der Waals surface area contributed by atoms with E-state index in [4.69, 9.17) is 30.7 Å². The highest BCUT2D eigenvalue weighted by Crippen LogP contribution is 2.33. The van der Waals surface area contributed by atoms with Crippen molar-refractivity contribution in [3.05, 3.63) is 113 Å². The Morgan fingerprint density at radius 2 is 1.59 bits per heavy atom. The number of carbonyl (C=O) groups is 2. The van der Waals surface area contributed by atoms with Gasteiger partial charge in [0.2, 0.25) is 10.0 Å². The van der Waals surface area contributed by atoms with E-state index in [-0.39, 0.29) is 53.4 Å². The molecular weight excluding hydrogens is 819 g/mol. The van der Waals surface area contributed by atoms with Crippen molar-refractivity contribution in [3.63, 3.8) is 0 Å². The Labute approximate surface area is 340 Å². The quantitative estimate of drug-likeness (QED) is 0.142. The summed E-state index contributed by atoms with van der Waals surface area (Å²) in [5.74, 6) is -2.23. The van der Waals surface area contributed by atoms with E-state index in [0.29, 0.717) is 47.3 Å². The predicted molar refractivity (Wildman–Crippen MR) is 207 cm³/mol. The third kappa shape index (κ3) is 10.3. The van der Waals surface area contributed by atoms with Crippen molar-refractivity contribution >= 4 is 43.5 Å². The number of hydrazine groups is 1. The molecule has 0 aromatic heterocycles. The lowest BCUT2D eigenvalue weighted by Crippen LogP contribution is -2.64. The molecule has 0 radical (unpaired) electrons. The molecule has 2 amide bonds. The van der Waals surface area contributed by atoms with E-state index < -0.39 is 49.4 Å². The van der Waals surface area contributed by atoms with Gasteiger partial charge >= 0.3 is 0 Å². The molecule has 6 rings (SSSR count). The average Bonchev–Trinajstić information content (AvgIpc) is 3.20. The van der Waals surface area contributed by atoms with Gasteiger partial charge in [-0.1, -0.05) is 22.5 Å². The van der Waals surface area contributed by atoms with Gasteiger partial charge in [0.1, 0.15) is 35.7 Å². The summed E-state index contributed by atoms with van der Waals surface area (Å²) in [6, 6.07) is 19.7. The van der Waals surface area contributed by atoms with Gasteiger partial charge < -0.3 is 19.3 Å². The Balaban J connectivity index is 1.17. The average molecular weight is 861 g/mol. The molecule has 2 aliphatic rings. The Morgan fingerprint density at radius 3 is 2.22 bits per heavy atom. The molecule has 3 N–H and O–H groups in total. The topological polar surface area (TPSA) is 190 Å². The van der Waals surface area contributed by atoms with Crippen LogP contribution in [0.15, 0.2) is 101 Å². The number of hydroxylamine groups is 2. The predicted octanol–water partition coefficient (Wildman–Crippen LogP) is 5.17. The second-order valence-electron chi connectivity index (χ2n) is 14.0. The number of sulfonamides is 2. The number of nitrogens with one attached hydrogen (secondary N) is 2. The minimum Gasteiger partial charge on any atom is -0.489 e. The summed E-state index contributed by atoms with van der Waals surface area (Å²) in [7, 11) is -9.00. The fourth-order valence-corrected chi connectivity index (χ4v) is 9.30. The van der Waals surface area contributed by atoms with E-state index in [0.717, 1.165) is 9.87 Å². The van der Waals surface area contributed by atoms with E-state index in [1.807, 2.05) is 10.3 Å². The van der Waals surface area contributed by atoms with Crippen LogP contribution in [-0.4, -0.2) is 74.6 Å². The van der Waals surface area contributed by atoms with Gasteiger partial charge in [-0.05, 0) is 136 Å². The Bertz CT molecular complexity index is 2310. The number of halogens is 2. The Kier molecular flexibility index (Phi) is 13.4. The fraction of sp³-hybridized carbons (Fsp3) is 0.333. The minimum atomic E-state index is -4.55. The van der Waals surface area contributed by atoms with Gasteiger partial charge in [-0.2, -0.15) is 4.31 Å². The number of amides is 2. The van der Waals surface area contributed by atoms with Crippen molar-refractivity contribution in [2.24, 2.45) is 5.92 Å². The van der Waals surface area contributed by atoms with Crippen molar-refractivity contribution in [1.82, 2.24) is 19.8 Å². The smallest absolute Gasteiger partial charge is 0.270 e. The number of nitrogens with zero attached hydrogens (tertiary/aromatic N) is 2. The Morgan fingerprint density at radius 1 is 0.948 bits per heavy atom. The van der Waals surface area contributed by atoms with Gasteiger partial charge in [-0.3, -0.25) is 9.59 Å². The van der Waals surface area contributed by atoms with Crippen LogP contribution in [0.2, 0.25) is 5.02 Å². The second kappa shape index (κ2) is 18.1. The maximum absolute atomic E-state index is 14.0. The van der Waals surface area contributed by atoms with E-state index in [1.165, 1.54) is 67.6 Å². The number of piperidine rings is 1. The van der Waals surface area contributed by atoms with Crippen molar-refractivity contribution < 1.29 is 55.1 Å². The molecule has 0 saturated carbocycles. The van der Waals surface area contributed by atoms with Crippen LogP contribution in [-0.2, 0) is 45.9 Å². The summed E-state index contributed by atoms with van der Waals surface area (Å²) in [5.41, 5.74) is 1.51. The van der Waals surface area contributed by atoms with Gasteiger partial charge in [0.25, 0.3) is 21.8 Å². The Hall–Kier alpha value is -4.66. The molecule has 15 nitrogen and oxygen atoms in total. The van der Waals surface area contributed by atoms with Crippen molar-refractivity contribution in [2.75, 3.05) is 19.8 Å². The van der Waals surface area contributed by atoms with Crippen LogP contribution in [0.1, 0.15) is 43.7 Å². The molecule has 3 atom stereocenters. The third-order valence-corrected chi connectivity index (χ3v) is 13.1. The van der Waals surface area contributed by atoms with Crippen LogP contribution in [0, 0.1) is 18.7 Å². The molecule has 19 heteroatoms. The second-order valence-corrected chi connectivity index (χ2v) is 18.0. The lowest BCUT2D eigenvalue weighted by molar-refractivity contribution is -0.233. The first-order valence-corrected chi connectivity index (χ1v) is 21.5. The molecule has 0 aliphatic carbocycles. The van der Waals surface area contributed by atoms with Crippen LogP contribution in [0.4, 0.5) is 4.39 Å². The summed E-state index contributed by atoms with van der Waals surface area (Å²) in [6.45, 7) is 3.31. The van der Waals surface area contributed by atoms with Crippen LogP contribution < -0.4 is 19.8 Å². The lowest BCUT2D eigenvalue weighted by Gasteiger charge is -2.43. The van der Waals surface area contributed by atoms with Crippen molar-refractivity contribution in [2.45, 2.75) is 67.6 Å². The summed E-state index contributed by atoms with van der Waals surface area (Å²) in [5, 5.41) is 12.1. The third-order valence-electron chi connectivity index (χ3n) is 9.65. The molecule has 2 saturated heterocycles. The van der Waals surface area contributed by atoms with Crippen LogP contribution in [0.5, 0.6) is 17.2 Å². The monoisotopic (exact) mass is 860 g/mol. The number of aliphatic hydroxyl groups is 1. The number of ether oxygens (including phenoxy) is 3. The number of rotatable bonds is 14. The van der Waals surface area contributed by atoms with E-state index in [1.54, 1.807) is 37.3 Å². The molecule has 0 bridgehead atoms. The zero-order valence-corrected chi connectivity index (χ0v) is 33.9. The molecule has 0 spiro atoms. The van der Waals surface area contributed by atoms with E-state index in [9.17, 15) is 35.9 Å². The molecule has 2 aliphatic heterocycles. The number of hydrogen-bond donors (Lipinski definition) is 3. The fourth-order valence-electron chi connectivity index (χ4n) is 6.51.